The molecule has 0 aliphatic carbocycles. The van der Waals surface area contributed by atoms with E-state index in [1.807, 2.05) is 12.1 Å². The molecule has 2 aromatic carbocycles. The van der Waals surface area contributed by atoms with E-state index in [9.17, 15) is 9.59 Å². The summed E-state index contributed by atoms with van der Waals surface area (Å²) in [6.45, 7) is 10.1. The third kappa shape index (κ3) is 4.44. The molecule has 0 fully saturated rings. The summed E-state index contributed by atoms with van der Waals surface area (Å²) in [5.41, 5.74) is 2.95. The lowest BCUT2D eigenvalue weighted by Gasteiger charge is -2.18. The zero-order valence-corrected chi connectivity index (χ0v) is 15.3. The molecule has 25 heavy (non-hydrogen) atoms. The van der Waals surface area contributed by atoms with Gasteiger partial charge in [-0.05, 0) is 29.2 Å². The maximum atomic E-state index is 12.4. The first-order valence-corrected chi connectivity index (χ1v) is 8.23. The van der Waals surface area contributed by atoms with E-state index in [-0.39, 0.29) is 23.4 Å². The second-order valence-electron chi connectivity index (χ2n) is 7.01. The standard InChI is InChI=1S/C22H24O3/c1-6-15-13-17(9-12-21(15)25-5)20(24)14-19(23)16-7-10-18(11-8-16)22(2,3)4/h6-13H,1,14H2,2-5H3. The Labute approximate surface area is 149 Å². The molecule has 0 heterocycles. The predicted molar refractivity (Wildman–Crippen MR) is 102 cm³/mol. The van der Waals surface area contributed by atoms with Crippen LogP contribution in [0.1, 0.15) is 59.0 Å². The van der Waals surface area contributed by atoms with E-state index in [1.165, 1.54) is 0 Å². The van der Waals surface area contributed by atoms with Gasteiger partial charge in [0.2, 0.25) is 0 Å². The number of hydrogen-bond acceptors (Lipinski definition) is 3. The molecular formula is C22H24O3. The Morgan fingerprint density at radius 3 is 2.08 bits per heavy atom. The zero-order valence-electron chi connectivity index (χ0n) is 15.3. The first-order valence-electron chi connectivity index (χ1n) is 8.23. The van der Waals surface area contributed by atoms with E-state index in [0.717, 1.165) is 11.1 Å². The van der Waals surface area contributed by atoms with E-state index in [2.05, 4.69) is 27.4 Å². The number of methoxy groups -OCH3 is 1. The normalized spacial score (nSPS) is 11.0. The van der Waals surface area contributed by atoms with Crippen LogP contribution in [0.15, 0.2) is 49.0 Å². The lowest BCUT2D eigenvalue weighted by molar-refractivity contribution is 0.0894. The van der Waals surface area contributed by atoms with Gasteiger partial charge in [0, 0.05) is 16.7 Å². The molecule has 0 spiro atoms. The number of carbonyl (C=O) groups excluding carboxylic acids is 2. The Morgan fingerprint density at radius 2 is 1.56 bits per heavy atom. The van der Waals surface area contributed by atoms with Gasteiger partial charge in [0.25, 0.3) is 0 Å². The Hall–Kier alpha value is -2.68. The number of ketones is 2. The van der Waals surface area contributed by atoms with Crippen LogP contribution < -0.4 is 4.74 Å². The molecule has 0 saturated heterocycles. The zero-order chi connectivity index (χ0) is 18.6. The average Bonchev–Trinajstić information content (AvgIpc) is 2.60. The molecule has 0 amide bonds. The molecule has 3 nitrogen and oxygen atoms in total. The molecule has 2 rings (SSSR count). The topological polar surface area (TPSA) is 43.4 Å². The summed E-state index contributed by atoms with van der Waals surface area (Å²) in [6.07, 6.45) is 1.47. The van der Waals surface area contributed by atoms with Gasteiger partial charge in [-0.3, -0.25) is 9.59 Å². The molecule has 2 aromatic rings. The van der Waals surface area contributed by atoms with Crippen LogP contribution in [0.2, 0.25) is 0 Å². The van der Waals surface area contributed by atoms with Crippen molar-refractivity contribution in [2.45, 2.75) is 32.6 Å². The molecule has 3 heteroatoms. The summed E-state index contributed by atoms with van der Waals surface area (Å²) in [5, 5.41) is 0. The second-order valence-corrected chi connectivity index (χ2v) is 7.01. The van der Waals surface area contributed by atoms with Gasteiger partial charge in [-0.1, -0.05) is 57.7 Å². The largest absolute Gasteiger partial charge is 0.496 e. The van der Waals surface area contributed by atoms with Crippen molar-refractivity contribution in [3.63, 3.8) is 0 Å². The SMILES string of the molecule is C=Cc1cc(C(=O)CC(=O)c2ccc(C(C)(C)C)cc2)ccc1OC. The van der Waals surface area contributed by atoms with Crippen LogP contribution >= 0.6 is 0 Å². The van der Waals surface area contributed by atoms with E-state index < -0.39 is 0 Å². The van der Waals surface area contributed by atoms with Crippen molar-refractivity contribution in [3.8, 4) is 5.75 Å². The van der Waals surface area contributed by atoms with Gasteiger partial charge in [0.1, 0.15) is 5.75 Å². The fraction of sp³-hybridized carbons (Fsp3) is 0.273. The van der Waals surface area contributed by atoms with E-state index in [1.54, 1.807) is 43.5 Å². The lowest BCUT2D eigenvalue weighted by atomic mass is 9.86. The van der Waals surface area contributed by atoms with Gasteiger partial charge in [-0.25, -0.2) is 0 Å². The van der Waals surface area contributed by atoms with Gasteiger partial charge < -0.3 is 4.74 Å². The number of rotatable bonds is 6. The van der Waals surface area contributed by atoms with Crippen molar-refractivity contribution in [2.24, 2.45) is 0 Å². The second kappa shape index (κ2) is 7.47. The summed E-state index contributed by atoms with van der Waals surface area (Å²) in [7, 11) is 1.56. The van der Waals surface area contributed by atoms with Gasteiger partial charge in [-0.15, -0.1) is 0 Å². The molecule has 0 aliphatic heterocycles. The molecule has 0 N–H and O–H groups in total. The van der Waals surface area contributed by atoms with Crippen LogP contribution in [0.3, 0.4) is 0 Å². The van der Waals surface area contributed by atoms with E-state index in [4.69, 9.17) is 4.74 Å². The Bertz CT molecular complexity index is 793. The van der Waals surface area contributed by atoms with E-state index >= 15 is 0 Å². The molecule has 0 atom stereocenters. The van der Waals surface area contributed by atoms with Crippen molar-refractivity contribution in [1.82, 2.24) is 0 Å². The van der Waals surface area contributed by atoms with Gasteiger partial charge >= 0.3 is 0 Å². The van der Waals surface area contributed by atoms with Crippen molar-refractivity contribution in [2.75, 3.05) is 7.11 Å². The quantitative estimate of drug-likeness (QED) is 0.545. The molecule has 0 radical (unpaired) electrons. The van der Waals surface area contributed by atoms with Gasteiger partial charge in [-0.2, -0.15) is 0 Å². The van der Waals surface area contributed by atoms with Crippen LogP contribution in [0.25, 0.3) is 6.08 Å². The number of benzene rings is 2. The van der Waals surface area contributed by atoms with Gasteiger partial charge in [0.15, 0.2) is 11.6 Å². The van der Waals surface area contributed by atoms with Gasteiger partial charge in [0.05, 0.1) is 13.5 Å². The highest BCUT2D eigenvalue weighted by Crippen LogP contribution is 2.24. The maximum absolute atomic E-state index is 12.4. The molecule has 130 valence electrons. The molecule has 0 bridgehead atoms. The Kier molecular flexibility index (Phi) is 5.58. The first kappa shape index (κ1) is 18.7. The lowest BCUT2D eigenvalue weighted by Crippen LogP contribution is -2.12. The van der Waals surface area contributed by atoms with Crippen molar-refractivity contribution < 1.29 is 14.3 Å². The van der Waals surface area contributed by atoms with E-state index in [0.29, 0.717) is 16.9 Å². The van der Waals surface area contributed by atoms with Crippen molar-refractivity contribution in [3.05, 3.63) is 71.3 Å². The van der Waals surface area contributed by atoms with Crippen LogP contribution in [-0.2, 0) is 5.41 Å². The average molecular weight is 336 g/mol. The van der Waals surface area contributed by atoms with Crippen molar-refractivity contribution >= 4 is 17.6 Å². The maximum Gasteiger partial charge on any atom is 0.170 e. The molecule has 0 aliphatic rings. The van der Waals surface area contributed by atoms with Crippen molar-refractivity contribution in [1.29, 1.82) is 0 Å². The predicted octanol–water partition coefficient (Wildman–Crippen LogP) is 5.09. The molecule has 0 unspecified atom stereocenters. The highest BCUT2D eigenvalue weighted by atomic mass is 16.5. The minimum absolute atomic E-state index is 0.0293. The number of hydrogen-bond donors (Lipinski definition) is 0. The monoisotopic (exact) mass is 336 g/mol. The Balaban J connectivity index is 2.15. The van der Waals surface area contributed by atoms with Crippen LogP contribution in [-0.4, -0.2) is 18.7 Å². The van der Waals surface area contributed by atoms with Crippen LogP contribution in [0, 0.1) is 0 Å². The van der Waals surface area contributed by atoms with Crippen LogP contribution in [0.4, 0.5) is 0 Å². The number of Topliss-reactive ketones (excluding diaryl/α,β-unsaturated/α-hetero) is 2. The smallest absolute Gasteiger partial charge is 0.170 e. The number of ether oxygens (including phenoxy) is 1. The summed E-state index contributed by atoms with van der Waals surface area (Å²) < 4.78 is 5.21. The molecule has 0 saturated carbocycles. The fourth-order valence-electron chi connectivity index (χ4n) is 2.57. The molecule has 0 aromatic heterocycles. The highest BCUT2D eigenvalue weighted by Gasteiger charge is 2.17. The minimum atomic E-state index is -0.212. The highest BCUT2D eigenvalue weighted by molar-refractivity contribution is 6.13. The summed E-state index contributed by atoms with van der Waals surface area (Å²) in [6, 6.07) is 12.6. The Morgan fingerprint density at radius 1 is 1.00 bits per heavy atom. The van der Waals surface area contributed by atoms with Crippen LogP contribution in [0.5, 0.6) is 5.75 Å². The summed E-state index contributed by atoms with van der Waals surface area (Å²) >= 11 is 0. The molecular weight excluding hydrogens is 312 g/mol. The fourth-order valence-corrected chi connectivity index (χ4v) is 2.57. The third-order valence-corrected chi connectivity index (χ3v) is 4.17. The summed E-state index contributed by atoms with van der Waals surface area (Å²) in [4.78, 5) is 24.8. The number of carbonyl (C=O) groups is 2. The third-order valence-electron chi connectivity index (χ3n) is 4.17. The first-order chi connectivity index (χ1) is 11.8. The minimum Gasteiger partial charge on any atom is -0.496 e. The summed E-state index contributed by atoms with van der Waals surface area (Å²) in [5.74, 6) is 0.257.